The summed E-state index contributed by atoms with van der Waals surface area (Å²) in [4.78, 5) is 72.5. The second-order valence-electron chi connectivity index (χ2n) is 8.12. The van der Waals surface area contributed by atoms with Gasteiger partial charge in [-0.15, -0.1) is 0 Å². The molecule has 0 spiro atoms. The summed E-state index contributed by atoms with van der Waals surface area (Å²) in [7, 11) is 0. The Labute approximate surface area is 217 Å². The molecule has 1 rings (SSSR count). The average Bonchev–Trinajstić information content (AvgIpc) is 2.80. The van der Waals surface area contributed by atoms with E-state index in [0.29, 0.717) is 11.3 Å². The SMILES string of the molecule is CSCCC(NC(=O)C(Cc1ccc(O)cc1)NC(=O)C(CC(N)=O)NC(=O)C(N)CC(N)=O)C(=O)O. The first-order chi connectivity index (χ1) is 17.3. The van der Waals surface area contributed by atoms with E-state index in [0.717, 1.165) is 0 Å². The highest BCUT2D eigenvalue weighted by Gasteiger charge is 2.31. The highest BCUT2D eigenvalue weighted by atomic mass is 32.2. The molecule has 204 valence electrons. The van der Waals surface area contributed by atoms with E-state index >= 15 is 0 Å². The third kappa shape index (κ3) is 11.6. The number of nitrogens with one attached hydrogen (secondary N) is 3. The number of carboxylic acids is 1. The molecular weight excluding hydrogens is 508 g/mol. The number of aromatic hydroxyl groups is 1. The van der Waals surface area contributed by atoms with E-state index in [1.54, 1.807) is 6.26 Å². The van der Waals surface area contributed by atoms with Crippen molar-refractivity contribution in [2.24, 2.45) is 17.2 Å². The number of carboxylic acid groups (broad SMARTS) is 1. The fourth-order valence-corrected chi connectivity index (χ4v) is 3.58. The number of amides is 5. The van der Waals surface area contributed by atoms with Crippen molar-refractivity contribution in [2.45, 2.75) is 49.9 Å². The molecule has 1 aromatic carbocycles. The van der Waals surface area contributed by atoms with Gasteiger partial charge in [0.1, 0.15) is 23.9 Å². The number of phenolic OH excluding ortho intramolecular Hbond substituents is 1. The molecule has 5 amide bonds. The molecule has 0 saturated carbocycles. The van der Waals surface area contributed by atoms with Gasteiger partial charge in [0.25, 0.3) is 0 Å². The Bertz CT molecular complexity index is 990. The van der Waals surface area contributed by atoms with Crippen molar-refractivity contribution in [1.29, 1.82) is 0 Å². The zero-order chi connectivity index (χ0) is 28.1. The number of rotatable bonds is 16. The molecular formula is C22H32N6O8S. The summed E-state index contributed by atoms with van der Waals surface area (Å²) in [6.45, 7) is 0. The van der Waals surface area contributed by atoms with Gasteiger partial charge < -0.3 is 43.4 Å². The van der Waals surface area contributed by atoms with E-state index in [1.165, 1.54) is 36.0 Å². The van der Waals surface area contributed by atoms with Gasteiger partial charge in [0.05, 0.1) is 18.9 Å². The number of carbonyl (C=O) groups is 6. The number of nitrogens with two attached hydrogens (primary N) is 3. The number of benzene rings is 1. The van der Waals surface area contributed by atoms with Crippen LogP contribution in [0.2, 0.25) is 0 Å². The maximum atomic E-state index is 13.0. The molecule has 14 nitrogen and oxygen atoms in total. The maximum Gasteiger partial charge on any atom is 0.326 e. The van der Waals surface area contributed by atoms with E-state index in [9.17, 15) is 39.0 Å². The predicted octanol–water partition coefficient (Wildman–Crippen LogP) is -2.70. The van der Waals surface area contributed by atoms with Crippen LogP contribution in [0.25, 0.3) is 0 Å². The highest BCUT2D eigenvalue weighted by Crippen LogP contribution is 2.12. The molecule has 0 bridgehead atoms. The summed E-state index contributed by atoms with van der Waals surface area (Å²) in [5.74, 6) is -5.43. The van der Waals surface area contributed by atoms with Gasteiger partial charge >= 0.3 is 5.97 Å². The maximum absolute atomic E-state index is 13.0. The van der Waals surface area contributed by atoms with Crippen molar-refractivity contribution >= 4 is 47.3 Å². The summed E-state index contributed by atoms with van der Waals surface area (Å²) >= 11 is 1.39. The van der Waals surface area contributed by atoms with Gasteiger partial charge in [-0.25, -0.2) is 4.79 Å². The lowest BCUT2D eigenvalue weighted by Crippen LogP contribution is -2.58. The Morgan fingerprint density at radius 2 is 1.35 bits per heavy atom. The quantitative estimate of drug-likeness (QED) is 0.108. The minimum atomic E-state index is -1.55. The van der Waals surface area contributed by atoms with Crippen LogP contribution < -0.4 is 33.2 Å². The molecule has 0 heterocycles. The fraction of sp³-hybridized carbons (Fsp3) is 0.455. The van der Waals surface area contributed by atoms with Gasteiger partial charge in [-0.05, 0) is 36.1 Å². The van der Waals surface area contributed by atoms with Crippen molar-refractivity contribution < 1.29 is 39.0 Å². The van der Waals surface area contributed by atoms with Crippen molar-refractivity contribution in [3.63, 3.8) is 0 Å². The monoisotopic (exact) mass is 540 g/mol. The summed E-state index contributed by atoms with van der Waals surface area (Å²) < 4.78 is 0. The molecule has 0 fully saturated rings. The molecule has 37 heavy (non-hydrogen) atoms. The van der Waals surface area contributed by atoms with Crippen molar-refractivity contribution in [3.8, 4) is 5.75 Å². The van der Waals surface area contributed by atoms with Gasteiger partial charge in [0.2, 0.25) is 29.5 Å². The minimum Gasteiger partial charge on any atom is -0.508 e. The molecule has 1 aromatic rings. The van der Waals surface area contributed by atoms with Crippen LogP contribution >= 0.6 is 11.8 Å². The number of hydrogen-bond acceptors (Lipinski definition) is 9. The predicted molar refractivity (Wildman–Crippen MR) is 134 cm³/mol. The third-order valence-electron chi connectivity index (χ3n) is 5.03. The number of carbonyl (C=O) groups excluding carboxylic acids is 5. The number of hydrogen-bond donors (Lipinski definition) is 8. The Kier molecular flexibility index (Phi) is 12.9. The van der Waals surface area contributed by atoms with Crippen LogP contribution in [0.15, 0.2) is 24.3 Å². The normalized spacial score (nSPS) is 13.9. The fourth-order valence-electron chi connectivity index (χ4n) is 3.11. The molecule has 0 saturated heterocycles. The summed E-state index contributed by atoms with van der Waals surface area (Å²) in [5.41, 5.74) is 16.3. The average molecular weight is 541 g/mol. The van der Waals surface area contributed by atoms with Gasteiger partial charge in [-0.1, -0.05) is 12.1 Å². The third-order valence-corrected chi connectivity index (χ3v) is 5.67. The molecule has 15 heteroatoms. The number of phenols is 1. The number of thioether (sulfide) groups is 1. The van der Waals surface area contributed by atoms with Crippen molar-refractivity contribution in [2.75, 3.05) is 12.0 Å². The van der Waals surface area contributed by atoms with Crippen LogP contribution in [0.3, 0.4) is 0 Å². The zero-order valence-corrected chi connectivity index (χ0v) is 21.0. The number of primary amides is 2. The second kappa shape index (κ2) is 15.3. The van der Waals surface area contributed by atoms with Crippen LogP contribution in [-0.4, -0.2) is 81.9 Å². The summed E-state index contributed by atoms with van der Waals surface area (Å²) in [6.07, 6.45) is 0.609. The van der Waals surface area contributed by atoms with Crippen LogP contribution in [0.1, 0.15) is 24.8 Å². The van der Waals surface area contributed by atoms with E-state index in [-0.39, 0.29) is 18.6 Å². The molecule has 0 aliphatic carbocycles. The highest BCUT2D eigenvalue weighted by molar-refractivity contribution is 7.98. The van der Waals surface area contributed by atoms with Gasteiger partial charge in [-0.2, -0.15) is 11.8 Å². The molecule has 4 atom stereocenters. The van der Waals surface area contributed by atoms with Crippen molar-refractivity contribution in [3.05, 3.63) is 29.8 Å². The lowest BCUT2D eigenvalue weighted by molar-refractivity contribution is -0.142. The largest absolute Gasteiger partial charge is 0.508 e. The van der Waals surface area contributed by atoms with Crippen LogP contribution in [0.5, 0.6) is 5.75 Å². The standard InChI is InChI=1S/C22H32N6O8S/c1-37-7-6-14(22(35)36)26-20(33)15(8-11-2-4-12(29)5-3-11)28-21(34)16(10-18(25)31)27-19(32)13(23)9-17(24)30/h2-5,13-16,29H,6-10,23H2,1H3,(H2,24,30)(H2,25,31)(H,26,33)(H,27,32)(H,28,34)(H,35,36). The molecule has 0 aliphatic rings. The second-order valence-corrected chi connectivity index (χ2v) is 9.11. The minimum absolute atomic E-state index is 0.0340. The first kappa shape index (κ1) is 31.2. The molecule has 4 unspecified atom stereocenters. The van der Waals surface area contributed by atoms with Crippen LogP contribution in [0.4, 0.5) is 0 Å². The Morgan fingerprint density at radius 3 is 1.86 bits per heavy atom. The Balaban J connectivity index is 3.15. The van der Waals surface area contributed by atoms with Gasteiger partial charge in [0.15, 0.2) is 0 Å². The van der Waals surface area contributed by atoms with E-state index in [4.69, 9.17) is 17.2 Å². The van der Waals surface area contributed by atoms with Crippen LogP contribution in [0, 0.1) is 0 Å². The molecule has 0 aromatic heterocycles. The Hall–Kier alpha value is -3.85. The van der Waals surface area contributed by atoms with Crippen molar-refractivity contribution in [1.82, 2.24) is 16.0 Å². The Morgan fingerprint density at radius 1 is 0.838 bits per heavy atom. The molecule has 0 aliphatic heterocycles. The first-order valence-corrected chi connectivity index (χ1v) is 12.5. The molecule has 0 radical (unpaired) electrons. The van der Waals surface area contributed by atoms with Crippen LogP contribution in [-0.2, 0) is 35.2 Å². The number of aliphatic carboxylic acids is 1. The lowest BCUT2D eigenvalue weighted by atomic mass is 10.0. The summed E-state index contributed by atoms with van der Waals surface area (Å²) in [5, 5.41) is 26.0. The smallest absolute Gasteiger partial charge is 0.326 e. The molecule has 11 N–H and O–H groups in total. The van der Waals surface area contributed by atoms with Gasteiger partial charge in [0, 0.05) is 6.42 Å². The summed E-state index contributed by atoms with van der Waals surface area (Å²) in [6, 6.07) is 0.204. The van der Waals surface area contributed by atoms with E-state index in [2.05, 4.69) is 16.0 Å². The van der Waals surface area contributed by atoms with E-state index < -0.39 is 72.5 Å². The van der Waals surface area contributed by atoms with Gasteiger partial charge in [-0.3, -0.25) is 24.0 Å². The lowest BCUT2D eigenvalue weighted by Gasteiger charge is -2.25. The topological polar surface area (TPSA) is 257 Å². The van der Waals surface area contributed by atoms with E-state index in [1.807, 2.05) is 0 Å². The first-order valence-electron chi connectivity index (χ1n) is 11.1. The zero-order valence-electron chi connectivity index (χ0n) is 20.1.